The van der Waals surface area contributed by atoms with E-state index in [1.54, 1.807) is 24.1 Å². The molecule has 1 heterocycles. The molecule has 1 aromatic carbocycles. The number of hydrogen-bond acceptors (Lipinski definition) is 6. The fourth-order valence-corrected chi connectivity index (χ4v) is 3.46. The molecule has 1 amide bonds. The number of benzene rings is 1. The first kappa shape index (κ1) is 21.8. The first-order valence-corrected chi connectivity index (χ1v) is 9.63. The molecule has 0 aromatic heterocycles. The van der Waals surface area contributed by atoms with Crippen LogP contribution in [0.15, 0.2) is 12.1 Å². The third-order valence-electron chi connectivity index (χ3n) is 4.99. The van der Waals surface area contributed by atoms with Crippen molar-refractivity contribution in [3.05, 3.63) is 27.8 Å². The number of aryl methyl sites for hydroxylation is 1. The molecule has 0 bridgehead atoms. The highest BCUT2D eigenvalue weighted by molar-refractivity contribution is 5.68. The number of ether oxygens (including phenoxy) is 2. The van der Waals surface area contributed by atoms with E-state index in [1.165, 1.54) is 7.11 Å². The largest absolute Gasteiger partial charge is 0.490 e. The van der Waals surface area contributed by atoms with Crippen LogP contribution in [0.2, 0.25) is 0 Å². The van der Waals surface area contributed by atoms with Crippen molar-refractivity contribution >= 4 is 17.5 Å². The van der Waals surface area contributed by atoms with E-state index >= 15 is 0 Å². The number of hydrogen-bond donors (Lipinski definition) is 0. The molecule has 8 heteroatoms. The Balaban J connectivity index is 2.12. The molecule has 1 saturated heterocycles. The molecule has 0 unspecified atom stereocenters. The van der Waals surface area contributed by atoms with Crippen LogP contribution in [0.25, 0.3) is 0 Å². The second kappa shape index (κ2) is 8.67. The number of anilines is 1. The number of amides is 1. The van der Waals surface area contributed by atoms with Gasteiger partial charge < -0.3 is 19.3 Å². The van der Waals surface area contributed by atoms with Gasteiger partial charge in [-0.3, -0.25) is 10.1 Å². The summed E-state index contributed by atoms with van der Waals surface area (Å²) < 4.78 is 10.7. The smallest absolute Gasteiger partial charge is 0.410 e. The van der Waals surface area contributed by atoms with Gasteiger partial charge in [-0.25, -0.2) is 4.79 Å². The lowest BCUT2D eigenvalue weighted by Crippen LogP contribution is -2.47. The summed E-state index contributed by atoms with van der Waals surface area (Å²) in [7, 11) is 3.22. The SMILES string of the molecule is CCc1cc([N+](=O)[O-])c(OC)cc1N1CCC(N(C)C(=O)OC(C)(C)C)CC1. The Morgan fingerprint density at radius 3 is 2.39 bits per heavy atom. The van der Waals surface area contributed by atoms with Crippen molar-refractivity contribution in [3.63, 3.8) is 0 Å². The van der Waals surface area contributed by atoms with Crippen LogP contribution >= 0.6 is 0 Å². The average molecular weight is 393 g/mol. The number of nitrogens with zero attached hydrogens (tertiary/aromatic N) is 3. The van der Waals surface area contributed by atoms with Crippen LogP contribution in [0.5, 0.6) is 5.75 Å². The van der Waals surface area contributed by atoms with Crippen LogP contribution < -0.4 is 9.64 Å². The van der Waals surface area contributed by atoms with Crippen molar-refractivity contribution in [2.75, 3.05) is 32.1 Å². The van der Waals surface area contributed by atoms with E-state index in [9.17, 15) is 14.9 Å². The Kier molecular flexibility index (Phi) is 6.74. The van der Waals surface area contributed by atoms with E-state index < -0.39 is 10.5 Å². The maximum Gasteiger partial charge on any atom is 0.410 e. The van der Waals surface area contributed by atoms with Gasteiger partial charge in [0.25, 0.3) is 0 Å². The molecule has 0 aliphatic carbocycles. The molecule has 1 aliphatic heterocycles. The summed E-state index contributed by atoms with van der Waals surface area (Å²) in [6.07, 6.45) is 1.99. The second-order valence-electron chi connectivity index (χ2n) is 8.07. The summed E-state index contributed by atoms with van der Waals surface area (Å²) in [5.74, 6) is 0.269. The van der Waals surface area contributed by atoms with Gasteiger partial charge in [-0.05, 0) is 45.6 Å². The zero-order chi connectivity index (χ0) is 21.1. The molecule has 2 rings (SSSR count). The molecule has 0 N–H and O–H groups in total. The Bertz CT molecular complexity index is 721. The zero-order valence-corrected chi connectivity index (χ0v) is 17.7. The highest BCUT2D eigenvalue weighted by atomic mass is 16.6. The Hall–Kier alpha value is -2.51. The molecule has 1 aliphatic rings. The van der Waals surface area contributed by atoms with Gasteiger partial charge in [0.2, 0.25) is 0 Å². The third-order valence-corrected chi connectivity index (χ3v) is 4.99. The molecule has 8 nitrogen and oxygen atoms in total. The molecular weight excluding hydrogens is 362 g/mol. The van der Waals surface area contributed by atoms with Crippen molar-refractivity contribution in [1.29, 1.82) is 0 Å². The van der Waals surface area contributed by atoms with Crippen molar-refractivity contribution in [3.8, 4) is 5.75 Å². The molecular formula is C20H31N3O5. The van der Waals surface area contributed by atoms with Crippen molar-refractivity contribution in [2.45, 2.75) is 58.6 Å². The maximum absolute atomic E-state index is 12.3. The van der Waals surface area contributed by atoms with Crippen molar-refractivity contribution in [1.82, 2.24) is 4.90 Å². The van der Waals surface area contributed by atoms with Gasteiger partial charge in [-0.15, -0.1) is 0 Å². The highest BCUT2D eigenvalue weighted by Gasteiger charge is 2.30. The molecule has 0 spiro atoms. The Morgan fingerprint density at radius 1 is 1.32 bits per heavy atom. The van der Waals surface area contributed by atoms with E-state index in [2.05, 4.69) is 4.90 Å². The minimum absolute atomic E-state index is 0.0114. The van der Waals surface area contributed by atoms with Crippen molar-refractivity contribution in [2.24, 2.45) is 0 Å². The second-order valence-corrected chi connectivity index (χ2v) is 8.07. The van der Waals surface area contributed by atoms with Crippen LogP contribution in [0.3, 0.4) is 0 Å². The van der Waals surface area contributed by atoms with Gasteiger partial charge in [-0.2, -0.15) is 0 Å². The quantitative estimate of drug-likeness (QED) is 0.555. The molecule has 0 saturated carbocycles. The van der Waals surface area contributed by atoms with E-state index in [-0.39, 0.29) is 23.6 Å². The van der Waals surface area contributed by atoms with Crippen LogP contribution in [0, 0.1) is 10.1 Å². The number of piperidine rings is 1. The maximum atomic E-state index is 12.3. The highest BCUT2D eigenvalue weighted by Crippen LogP contribution is 2.36. The fraction of sp³-hybridized carbons (Fsp3) is 0.650. The third kappa shape index (κ3) is 5.05. The molecule has 1 fully saturated rings. The van der Waals surface area contributed by atoms with Crippen molar-refractivity contribution < 1.29 is 19.2 Å². The predicted molar refractivity (Wildman–Crippen MR) is 108 cm³/mol. The van der Waals surface area contributed by atoms with Gasteiger partial charge >= 0.3 is 11.8 Å². The van der Waals surface area contributed by atoms with Crippen LogP contribution in [0.4, 0.5) is 16.2 Å². The minimum atomic E-state index is -0.516. The summed E-state index contributed by atoms with van der Waals surface area (Å²) in [6, 6.07) is 3.47. The number of nitro groups is 1. The Labute approximate surface area is 166 Å². The van der Waals surface area contributed by atoms with E-state index in [1.807, 2.05) is 27.7 Å². The first-order valence-electron chi connectivity index (χ1n) is 9.63. The summed E-state index contributed by atoms with van der Waals surface area (Å²) in [4.78, 5) is 27.1. The molecule has 28 heavy (non-hydrogen) atoms. The monoisotopic (exact) mass is 393 g/mol. The molecule has 1 aromatic rings. The summed E-state index contributed by atoms with van der Waals surface area (Å²) in [5, 5.41) is 11.3. The van der Waals surface area contributed by atoms with E-state index in [4.69, 9.17) is 9.47 Å². The minimum Gasteiger partial charge on any atom is -0.490 e. The van der Waals surface area contributed by atoms with Gasteiger partial charge in [0.15, 0.2) is 5.75 Å². The number of carbonyl (C=O) groups excluding carboxylic acids is 1. The summed E-state index contributed by atoms with van der Waals surface area (Å²) in [5.41, 5.74) is 1.36. The molecule has 0 atom stereocenters. The van der Waals surface area contributed by atoms with E-state index in [0.717, 1.165) is 37.2 Å². The lowest BCUT2D eigenvalue weighted by Gasteiger charge is -2.38. The topological polar surface area (TPSA) is 85.2 Å². The fourth-order valence-electron chi connectivity index (χ4n) is 3.46. The van der Waals surface area contributed by atoms with Crippen LogP contribution in [-0.4, -0.2) is 54.8 Å². The number of carbonyl (C=O) groups is 1. The van der Waals surface area contributed by atoms with Gasteiger partial charge in [0.05, 0.1) is 12.0 Å². The standard InChI is InChI=1S/C20H31N3O5/c1-7-14-12-17(23(25)26)18(27-6)13-16(14)22-10-8-15(9-11-22)21(5)19(24)28-20(2,3)4/h12-13,15H,7-11H2,1-6H3. The molecule has 156 valence electrons. The van der Waals surface area contributed by atoms with Crippen LogP contribution in [0.1, 0.15) is 46.1 Å². The van der Waals surface area contributed by atoms with E-state index in [0.29, 0.717) is 6.42 Å². The first-order chi connectivity index (χ1) is 13.1. The van der Waals surface area contributed by atoms with Gasteiger partial charge in [0, 0.05) is 44.0 Å². The lowest BCUT2D eigenvalue weighted by atomic mass is 10.0. The Morgan fingerprint density at radius 2 is 1.93 bits per heavy atom. The number of rotatable bonds is 5. The zero-order valence-electron chi connectivity index (χ0n) is 17.7. The summed E-state index contributed by atoms with van der Waals surface area (Å²) >= 11 is 0. The predicted octanol–water partition coefficient (Wildman–Crippen LogP) is 4.00. The number of nitro benzene ring substituents is 1. The normalized spacial score (nSPS) is 15.3. The van der Waals surface area contributed by atoms with Crippen LogP contribution in [-0.2, 0) is 11.2 Å². The van der Waals surface area contributed by atoms with Gasteiger partial charge in [-0.1, -0.05) is 6.92 Å². The lowest BCUT2D eigenvalue weighted by molar-refractivity contribution is -0.385. The number of methoxy groups -OCH3 is 1. The average Bonchev–Trinajstić information content (AvgIpc) is 2.64. The molecule has 0 radical (unpaired) electrons. The van der Waals surface area contributed by atoms with Gasteiger partial charge in [0.1, 0.15) is 5.60 Å². The summed E-state index contributed by atoms with van der Waals surface area (Å²) in [6.45, 7) is 9.07.